The smallest absolute Gasteiger partial charge is 0.191 e. The van der Waals surface area contributed by atoms with Crippen LogP contribution in [0.4, 0.5) is 0 Å². The van der Waals surface area contributed by atoms with Gasteiger partial charge in [0.2, 0.25) is 0 Å². The van der Waals surface area contributed by atoms with E-state index in [1.54, 1.807) is 0 Å². The molecule has 0 aromatic carbocycles. The monoisotopic (exact) mass is 268 g/mol. The predicted molar refractivity (Wildman–Crippen MR) is 83.7 cm³/mol. The Morgan fingerprint density at radius 2 is 1.74 bits per heavy atom. The van der Waals surface area contributed by atoms with Crippen LogP contribution in [0.25, 0.3) is 0 Å². The lowest BCUT2D eigenvalue weighted by atomic mass is 10.1. The summed E-state index contributed by atoms with van der Waals surface area (Å²) in [7, 11) is 1.84. The van der Waals surface area contributed by atoms with Crippen molar-refractivity contribution in [3.05, 3.63) is 0 Å². The van der Waals surface area contributed by atoms with Crippen LogP contribution in [0, 0.1) is 5.92 Å². The van der Waals surface area contributed by atoms with Gasteiger partial charge < -0.3 is 15.5 Å². The van der Waals surface area contributed by atoms with E-state index in [1.807, 2.05) is 7.05 Å². The topological polar surface area (TPSA) is 39.7 Å². The molecule has 1 fully saturated rings. The molecule has 0 aliphatic carbocycles. The van der Waals surface area contributed by atoms with Gasteiger partial charge in [-0.2, -0.15) is 0 Å². The summed E-state index contributed by atoms with van der Waals surface area (Å²) in [6.45, 7) is 11.3. The molecule has 0 spiro atoms. The van der Waals surface area contributed by atoms with Gasteiger partial charge in [0.05, 0.1) is 0 Å². The first-order valence-corrected chi connectivity index (χ1v) is 7.83. The number of hydrogen-bond donors (Lipinski definition) is 2. The third-order valence-electron chi connectivity index (χ3n) is 4.01. The lowest BCUT2D eigenvalue weighted by Gasteiger charge is -2.23. The van der Waals surface area contributed by atoms with Gasteiger partial charge in [0.15, 0.2) is 5.96 Å². The van der Waals surface area contributed by atoms with Gasteiger partial charge in [0.25, 0.3) is 0 Å². The fourth-order valence-electron chi connectivity index (χ4n) is 2.27. The van der Waals surface area contributed by atoms with Crippen LogP contribution in [0.15, 0.2) is 4.99 Å². The number of rotatable bonds is 5. The van der Waals surface area contributed by atoms with E-state index in [2.05, 4.69) is 41.3 Å². The van der Waals surface area contributed by atoms with E-state index in [0.717, 1.165) is 19.0 Å². The quantitative estimate of drug-likeness (QED) is 0.592. The normalized spacial score (nSPS) is 20.2. The molecule has 4 heteroatoms. The van der Waals surface area contributed by atoms with Crippen LogP contribution in [-0.2, 0) is 0 Å². The van der Waals surface area contributed by atoms with Gasteiger partial charge >= 0.3 is 0 Å². The van der Waals surface area contributed by atoms with Crippen molar-refractivity contribution < 1.29 is 0 Å². The van der Waals surface area contributed by atoms with Crippen molar-refractivity contribution in [1.29, 1.82) is 0 Å². The Bertz CT molecular complexity index is 255. The summed E-state index contributed by atoms with van der Waals surface area (Å²) in [5, 5.41) is 6.86. The molecule has 0 saturated carbocycles. The molecule has 0 radical (unpaired) electrons. The summed E-state index contributed by atoms with van der Waals surface area (Å²) < 4.78 is 0. The lowest BCUT2D eigenvalue weighted by molar-refractivity contribution is 0.289. The minimum Gasteiger partial charge on any atom is -0.355 e. The number of hydrogen-bond acceptors (Lipinski definition) is 2. The van der Waals surface area contributed by atoms with E-state index in [4.69, 9.17) is 0 Å². The molecule has 0 aromatic rings. The maximum Gasteiger partial charge on any atom is 0.191 e. The van der Waals surface area contributed by atoms with Crippen molar-refractivity contribution in [2.45, 2.75) is 52.5 Å². The molecule has 112 valence electrons. The van der Waals surface area contributed by atoms with Gasteiger partial charge in [-0.1, -0.05) is 26.7 Å². The summed E-state index contributed by atoms with van der Waals surface area (Å²) in [6, 6.07) is 0.449. The molecule has 0 aromatic heterocycles. The Morgan fingerprint density at radius 3 is 2.26 bits per heavy atom. The van der Waals surface area contributed by atoms with Gasteiger partial charge in [-0.25, -0.2) is 0 Å². The Kier molecular flexibility index (Phi) is 7.87. The molecular weight excluding hydrogens is 236 g/mol. The molecule has 19 heavy (non-hydrogen) atoms. The minimum atomic E-state index is 0.449. The molecule has 0 bridgehead atoms. The molecule has 1 rings (SSSR count). The van der Waals surface area contributed by atoms with E-state index < -0.39 is 0 Å². The van der Waals surface area contributed by atoms with Crippen LogP contribution in [0.5, 0.6) is 0 Å². The number of nitrogens with one attached hydrogen (secondary N) is 2. The van der Waals surface area contributed by atoms with Crippen molar-refractivity contribution in [2.75, 3.05) is 33.2 Å². The summed E-state index contributed by atoms with van der Waals surface area (Å²) in [4.78, 5) is 6.86. The van der Waals surface area contributed by atoms with Gasteiger partial charge in [-0.3, -0.25) is 4.99 Å². The maximum absolute atomic E-state index is 4.29. The molecule has 0 amide bonds. The highest BCUT2D eigenvalue weighted by atomic mass is 15.2. The lowest BCUT2D eigenvalue weighted by Crippen LogP contribution is -2.46. The fraction of sp³-hybridized carbons (Fsp3) is 0.933. The number of likely N-dealkylation sites (tertiary alicyclic amines) is 1. The Balaban J connectivity index is 2.22. The average Bonchev–Trinajstić information content (AvgIpc) is 2.65. The molecule has 1 atom stereocenters. The zero-order chi connectivity index (χ0) is 14.1. The van der Waals surface area contributed by atoms with Crippen LogP contribution < -0.4 is 10.6 Å². The van der Waals surface area contributed by atoms with E-state index >= 15 is 0 Å². The maximum atomic E-state index is 4.29. The molecule has 1 heterocycles. The first-order chi connectivity index (χ1) is 9.13. The van der Waals surface area contributed by atoms with Crippen LogP contribution in [-0.4, -0.2) is 50.1 Å². The van der Waals surface area contributed by atoms with E-state index in [9.17, 15) is 0 Å². The van der Waals surface area contributed by atoms with Crippen LogP contribution in [0.2, 0.25) is 0 Å². The predicted octanol–water partition coefficient (Wildman–Crippen LogP) is 2.07. The third kappa shape index (κ3) is 6.81. The molecule has 1 aliphatic rings. The highest BCUT2D eigenvalue weighted by Crippen LogP contribution is 2.08. The van der Waals surface area contributed by atoms with Gasteiger partial charge in [-0.05, 0) is 38.8 Å². The average molecular weight is 268 g/mol. The second kappa shape index (κ2) is 9.18. The number of aliphatic imine (C=N–C) groups is 1. The van der Waals surface area contributed by atoms with Crippen LogP contribution >= 0.6 is 0 Å². The van der Waals surface area contributed by atoms with Crippen molar-refractivity contribution >= 4 is 5.96 Å². The van der Waals surface area contributed by atoms with Crippen molar-refractivity contribution in [3.63, 3.8) is 0 Å². The summed E-state index contributed by atoms with van der Waals surface area (Å²) in [5.74, 6) is 1.54. The Hall–Kier alpha value is -0.770. The number of guanidine groups is 1. The minimum absolute atomic E-state index is 0.449. The number of nitrogens with zero attached hydrogens (tertiary/aromatic N) is 2. The van der Waals surface area contributed by atoms with Crippen LogP contribution in [0.1, 0.15) is 46.5 Å². The standard InChI is InChI=1S/C15H32N4/c1-13(2)14(3)18-15(16-4)17-9-12-19-10-7-5-6-8-11-19/h13-14H,5-12H2,1-4H3,(H2,16,17,18). The molecule has 1 saturated heterocycles. The summed E-state index contributed by atoms with van der Waals surface area (Å²) in [5.41, 5.74) is 0. The molecular formula is C15H32N4. The molecule has 4 nitrogen and oxygen atoms in total. The van der Waals surface area contributed by atoms with Crippen molar-refractivity contribution in [2.24, 2.45) is 10.9 Å². The van der Waals surface area contributed by atoms with Gasteiger partial charge in [0.1, 0.15) is 0 Å². The fourth-order valence-corrected chi connectivity index (χ4v) is 2.27. The SMILES string of the molecule is CN=C(NCCN1CCCCCC1)NC(C)C(C)C. The Morgan fingerprint density at radius 1 is 1.11 bits per heavy atom. The van der Waals surface area contributed by atoms with Gasteiger partial charge in [-0.15, -0.1) is 0 Å². The van der Waals surface area contributed by atoms with E-state index in [0.29, 0.717) is 12.0 Å². The van der Waals surface area contributed by atoms with Crippen molar-refractivity contribution in [3.8, 4) is 0 Å². The first kappa shape index (κ1) is 16.3. The largest absolute Gasteiger partial charge is 0.355 e. The molecule has 1 aliphatic heterocycles. The highest BCUT2D eigenvalue weighted by molar-refractivity contribution is 5.79. The first-order valence-electron chi connectivity index (χ1n) is 7.83. The highest BCUT2D eigenvalue weighted by Gasteiger charge is 2.10. The zero-order valence-electron chi connectivity index (χ0n) is 13.2. The second-order valence-corrected chi connectivity index (χ2v) is 5.93. The van der Waals surface area contributed by atoms with E-state index in [1.165, 1.54) is 38.8 Å². The molecule has 1 unspecified atom stereocenters. The van der Waals surface area contributed by atoms with Crippen LogP contribution in [0.3, 0.4) is 0 Å². The van der Waals surface area contributed by atoms with E-state index in [-0.39, 0.29) is 0 Å². The zero-order valence-corrected chi connectivity index (χ0v) is 13.2. The van der Waals surface area contributed by atoms with Gasteiger partial charge in [0, 0.05) is 26.2 Å². The summed E-state index contributed by atoms with van der Waals surface area (Å²) in [6.07, 6.45) is 5.52. The Labute approximate surface area is 119 Å². The summed E-state index contributed by atoms with van der Waals surface area (Å²) >= 11 is 0. The van der Waals surface area contributed by atoms with Crippen molar-refractivity contribution in [1.82, 2.24) is 15.5 Å². The molecule has 2 N–H and O–H groups in total. The second-order valence-electron chi connectivity index (χ2n) is 5.93. The third-order valence-corrected chi connectivity index (χ3v) is 4.01.